The molecule has 0 bridgehead atoms. The molecule has 160 valence electrons. The van der Waals surface area contributed by atoms with Crippen molar-refractivity contribution < 1.29 is 9.47 Å². The van der Waals surface area contributed by atoms with E-state index in [1.54, 1.807) is 12.4 Å². The molecule has 0 spiro atoms. The van der Waals surface area contributed by atoms with Gasteiger partial charge in [-0.25, -0.2) is 0 Å². The fourth-order valence-electron chi connectivity index (χ4n) is 3.97. The maximum Gasteiger partial charge on any atom is 0.124 e. The van der Waals surface area contributed by atoms with Gasteiger partial charge in [0, 0.05) is 48.3 Å². The average molecular weight is 458 g/mol. The number of nitrogens with zero attached hydrogens (tertiary/aromatic N) is 4. The largest absolute Gasteiger partial charge is 0.486 e. The maximum absolute atomic E-state index is 6.28. The van der Waals surface area contributed by atoms with Gasteiger partial charge in [0.05, 0.1) is 27.8 Å². The van der Waals surface area contributed by atoms with Crippen molar-refractivity contribution in [2.45, 2.75) is 31.9 Å². The van der Waals surface area contributed by atoms with Gasteiger partial charge in [-0.05, 0) is 38.0 Å². The summed E-state index contributed by atoms with van der Waals surface area (Å²) < 4.78 is 13.6. The molecule has 5 rings (SSSR count). The summed E-state index contributed by atoms with van der Waals surface area (Å²) >= 11 is 12.6. The Hall–Kier alpha value is -2.61. The number of rotatable bonds is 5. The summed E-state index contributed by atoms with van der Waals surface area (Å²) in [7, 11) is 0. The van der Waals surface area contributed by atoms with Gasteiger partial charge in [-0.15, -0.1) is 0 Å². The van der Waals surface area contributed by atoms with Gasteiger partial charge >= 0.3 is 0 Å². The molecule has 1 aromatic carbocycles. The molecule has 1 unspecified atom stereocenters. The lowest BCUT2D eigenvalue weighted by Gasteiger charge is -2.22. The minimum Gasteiger partial charge on any atom is -0.486 e. The normalized spacial score (nSPS) is 16.0. The van der Waals surface area contributed by atoms with E-state index in [1.165, 1.54) is 0 Å². The minimum atomic E-state index is -0.341. The number of halogens is 2. The summed E-state index contributed by atoms with van der Waals surface area (Å²) in [6, 6.07) is 6.18. The molecule has 1 N–H and O–H groups in total. The Labute approximate surface area is 189 Å². The lowest BCUT2D eigenvalue weighted by molar-refractivity contribution is 0.0662. The summed E-state index contributed by atoms with van der Waals surface area (Å²) in [5.74, 6) is 0.698. The zero-order valence-electron chi connectivity index (χ0n) is 16.9. The summed E-state index contributed by atoms with van der Waals surface area (Å²) in [5, 5.41) is 14.1. The Kier molecular flexibility index (Phi) is 5.56. The van der Waals surface area contributed by atoms with Crippen LogP contribution in [0.5, 0.6) is 5.75 Å². The van der Waals surface area contributed by atoms with Crippen LogP contribution in [0.2, 0.25) is 10.0 Å². The highest BCUT2D eigenvalue weighted by Crippen LogP contribution is 2.35. The molecule has 1 aliphatic heterocycles. The number of H-pyrrole nitrogens is 1. The smallest absolute Gasteiger partial charge is 0.124 e. The SMILES string of the molecule is CC(Oc1ccc2[nH]nc(-c3cnn(C4CCOCC4)c3)c2c1)c1c(Cl)cncc1Cl. The molecular formula is C22H21Cl2N5O2. The summed E-state index contributed by atoms with van der Waals surface area (Å²) in [6.45, 7) is 3.46. The monoisotopic (exact) mass is 457 g/mol. The molecule has 4 heterocycles. The second-order valence-corrected chi connectivity index (χ2v) is 8.42. The third kappa shape index (κ3) is 4.01. The van der Waals surface area contributed by atoms with Crippen molar-refractivity contribution in [2.24, 2.45) is 0 Å². The van der Waals surface area contributed by atoms with Crippen LogP contribution in [0.4, 0.5) is 0 Å². The predicted molar refractivity (Wildman–Crippen MR) is 120 cm³/mol. The molecule has 0 radical (unpaired) electrons. The van der Waals surface area contributed by atoms with Crippen molar-refractivity contribution in [3.05, 3.63) is 58.6 Å². The van der Waals surface area contributed by atoms with E-state index in [1.807, 2.05) is 36.0 Å². The lowest BCUT2D eigenvalue weighted by Crippen LogP contribution is -2.19. The van der Waals surface area contributed by atoms with E-state index in [0.717, 1.165) is 48.2 Å². The van der Waals surface area contributed by atoms with Gasteiger partial charge in [0.1, 0.15) is 17.5 Å². The first kappa shape index (κ1) is 20.3. The van der Waals surface area contributed by atoms with E-state index in [0.29, 0.717) is 27.4 Å². The number of benzene rings is 1. The first-order valence-electron chi connectivity index (χ1n) is 10.2. The summed E-state index contributed by atoms with van der Waals surface area (Å²) in [4.78, 5) is 4.00. The third-order valence-electron chi connectivity index (χ3n) is 5.58. The number of fused-ring (bicyclic) bond motifs is 1. The Morgan fingerprint density at radius 3 is 2.71 bits per heavy atom. The molecule has 0 aliphatic carbocycles. The Balaban J connectivity index is 1.43. The van der Waals surface area contributed by atoms with Crippen molar-refractivity contribution in [3.8, 4) is 17.0 Å². The van der Waals surface area contributed by atoms with E-state index >= 15 is 0 Å². The predicted octanol–water partition coefficient (Wildman–Crippen LogP) is 5.62. The minimum absolute atomic E-state index is 0.341. The van der Waals surface area contributed by atoms with Crippen LogP contribution in [0.3, 0.4) is 0 Å². The standard InChI is InChI=1S/C22H21Cl2N5O2/c1-13(21-18(23)10-25-11-19(21)24)31-16-2-3-20-17(8-16)22(28-27-20)14-9-26-29(12-14)15-4-6-30-7-5-15/h2-3,8-13,15H,4-7H2,1H3,(H,27,28). The van der Waals surface area contributed by atoms with Gasteiger partial charge in [0.25, 0.3) is 0 Å². The molecular weight excluding hydrogens is 437 g/mol. The number of ether oxygens (including phenoxy) is 2. The lowest BCUT2D eigenvalue weighted by atomic mass is 10.1. The van der Waals surface area contributed by atoms with Crippen LogP contribution in [0, 0.1) is 0 Å². The second-order valence-electron chi connectivity index (χ2n) is 7.61. The highest BCUT2D eigenvalue weighted by Gasteiger charge is 2.19. The molecule has 1 fully saturated rings. The van der Waals surface area contributed by atoms with Gasteiger partial charge in [0.15, 0.2) is 0 Å². The van der Waals surface area contributed by atoms with E-state index < -0.39 is 0 Å². The Morgan fingerprint density at radius 2 is 1.94 bits per heavy atom. The van der Waals surface area contributed by atoms with Crippen molar-refractivity contribution >= 4 is 34.1 Å². The van der Waals surface area contributed by atoms with Crippen LogP contribution < -0.4 is 4.74 Å². The number of hydrogen-bond acceptors (Lipinski definition) is 5. The maximum atomic E-state index is 6.28. The molecule has 3 aromatic heterocycles. The quantitative estimate of drug-likeness (QED) is 0.420. The zero-order chi connectivity index (χ0) is 21.4. The molecule has 9 heteroatoms. The van der Waals surface area contributed by atoms with Crippen LogP contribution in [-0.4, -0.2) is 38.2 Å². The van der Waals surface area contributed by atoms with Crippen molar-refractivity contribution in [2.75, 3.05) is 13.2 Å². The van der Waals surface area contributed by atoms with E-state index in [4.69, 9.17) is 32.7 Å². The van der Waals surface area contributed by atoms with Crippen molar-refractivity contribution in [1.82, 2.24) is 25.0 Å². The van der Waals surface area contributed by atoms with Crippen LogP contribution in [0.15, 0.2) is 43.0 Å². The topological polar surface area (TPSA) is 77.8 Å². The fourth-order valence-corrected chi connectivity index (χ4v) is 4.64. The number of nitrogens with one attached hydrogen (secondary N) is 1. The van der Waals surface area contributed by atoms with Gasteiger partial charge in [-0.1, -0.05) is 23.2 Å². The van der Waals surface area contributed by atoms with Gasteiger partial charge < -0.3 is 9.47 Å². The molecule has 1 atom stereocenters. The molecule has 4 aromatic rings. The third-order valence-corrected chi connectivity index (χ3v) is 6.19. The van der Waals surface area contributed by atoms with Crippen LogP contribution in [-0.2, 0) is 4.74 Å². The Bertz CT molecular complexity index is 1200. The fraction of sp³-hybridized carbons (Fsp3) is 0.318. The van der Waals surface area contributed by atoms with Crippen molar-refractivity contribution in [1.29, 1.82) is 0 Å². The van der Waals surface area contributed by atoms with E-state index in [9.17, 15) is 0 Å². The molecule has 1 aliphatic rings. The summed E-state index contributed by atoms with van der Waals surface area (Å²) in [5.41, 5.74) is 3.44. The van der Waals surface area contributed by atoms with Crippen LogP contribution in [0.25, 0.3) is 22.2 Å². The van der Waals surface area contributed by atoms with Gasteiger partial charge in [-0.2, -0.15) is 10.2 Å². The molecule has 0 saturated carbocycles. The second kappa shape index (κ2) is 8.49. The van der Waals surface area contributed by atoms with Gasteiger partial charge in [-0.3, -0.25) is 14.8 Å². The van der Waals surface area contributed by atoms with Gasteiger partial charge in [0.2, 0.25) is 0 Å². The first-order chi connectivity index (χ1) is 15.1. The Morgan fingerprint density at radius 1 is 1.16 bits per heavy atom. The first-order valence-corrected chi connectivity index (χ1v) is 10.9. The molecule has 7 nitrogen and oxygen atoms in total. The number of aromatic amines is 1. The van der Waals surface area contributed by atoms with E-state index in [-0.39, 0.29) is 6.10 Å². The number of pyridine rings is 1. The number of aromatic nitrogens is 5. The highest BCUT2D eigenvalue weighted by molar-refractivity contribution is 6.35. The number of hydrogen-bond donors (Lipinski definition) is 1. The van der Waals surface area contributed by atoms with E-state index in [2.05, 4.69) is 26.5 Å². The molecule has 1 saturated heterocycles. The van der Waals surface area contributed by atoms with Crippen molar-refractivity contribution in [3.63, 3.8) is 0 Å². The molecule has 31 heavy (non-hydrogen) atoms. The zero-order valence-corrected chi connectivity index (χ0v) is 18.4. The summed E-state index contributed by atoms with van der Waals surface area (Å²) in [6.07, 6.45) is 8.64. The average Bonchev–Trinajstić information content (AvgIpc) is 3.41. The highest BCUT2D eigenvalue weighted by atomic mass is 35.5. The van der Waals surface area contributed by atoms with Crippen LogP contribution >= 0.6 is 23.2 Å². The molecule has 0 amide bonds. The van der Waals surface area contributed by atoms with Crippen LogP contribution in [0.1, 0.15) is 37.5 Å².